The highest BCUT2D eigenvalue weighted by atomic mass is 35.5. The topological polar surface area (TPSA) is 78.7 Å². The van der Waals surface area contributed by atoms with Gasteiger partial charge in [0, 0.05) is 48.1 Å². The summed E-state index contributed by atoms with van der Waals surface area (Å²) in [6.45, 7) is 4.55. The van der Waals surface area contributed by atoms with E-state index in [-0.39, 0.29) is 18.4 Å². The van der Waals surface area contributed by atoms with Gasteiger partial charge in [0.15, 0.2) is 0 Å². The van der Waals surface area contributed by atoms with Crippen LogP contribution in [0.25, 0.3) is 0 Å². The highest BCUT2D eigenvalue weighted by molar-refractivity contribution is 6.30. The van der Waals surface area contributed by atoms with Crippen LogP contribution in [0.3, 0.4) is 0 Å². The number of nitrogens with two attached hydrogens (primary N) is 1. The Morgan fingerprint density at radius 3 is 2.41 bits per heavy atom. The standard InChI is InChI=1S/C20H23ClN4O2/c1-14-2-5-16(22)12-18(14)20(27)23-13-19(26)25-10-8-24(9-11-25)17-6-3-15(21)4-7-17/h2-7,12H,8-11,13,22H2,1H3,(H,23,27). The van der Waals surface area contributed by atoms with Crippen molar-refractivity contribution in [2.24, 2.45) is 0 Å². The number of hydrogen-bond donors (Lipinski definition) is 2. The molecule has 2 aromatic rings. The molecule has 2 aromatic carbocycles. The summed E-state index contributed by atoms with van der Waals surface area (Å²) >= 11 is 5.93. The number of carbonyl (C=O) groups is 2. The third-order valence-electron chi connectivity index (χ3n) is 4.73. The van der Waals surface area contributed by atoms with Crippen molar-refractivity contribution >= 4 is 34.8 Å². The number of carbonyl (C=O) groups excluding carboxylic acids is 2. The third-order valence-corrected chi connectivity index (χ3v) is 4.98. The fraction of sp³-hybridized carbons (Fsp3) is 0.300. The fourth-order valence-corrected chi connectivity index (χ4v) is 3.24. The van der Waals surface area contributed by atoms with E-state index in [9.17, 15) is 9.59 Å². The molecule has 6 nitrogen and oxygen atoms in total. The average molecular weight is 387 g/mol. The lowest BCUT2D eigenvalue weighted by molar-refractivity contribution is -0.130. The Bertz CT molecular complexity index is 830. The van der Waals surface area contributed by atoms with Crippen LogP contribution in [-0.2, 0) is 4.79 Å². The number of benzene rings is 2. The number of piperazine rings is 1. The van der Waals surface area contributed by atoms with Crippen LogP contribution in [0.2, 0.25) is 5.02 Å². The van der Waals surface area contributed by atoms with Gasteiger partial charge < -0.3 is 20.9 Å². The number of amides is 2. The van der Waals surface area contributed by atoms with Crippen LogP contribution in [-0.4, -0.2) is 49.4 Å². The Hall–Kier alpha value is -2.73. The molecule has 1 heterocycles. The van der Waals surface area contributed by atoms with Gasteiger partial charge in [0.1, 0.15) is 0 Å². The molecule has 1 aliphatic rings. The van der Waals surface area contributed by atoms with E-state index < -0.39 is 0 Å². The smallest absolute Gasteiger partial charge is 0.252 e. The zero-order valence-corrected chi connectivity index (χ0v) is 16.0. The molecule has 0 aromatic heterocycles. The Morgan fingerprint density at radius 1 is 1.07 bits per heavy atom. The number of hydrogen-bond acceptors (Lipinski definition) is 4. The van der Waals surface area contributed by atoms with Gasteiger partial charge in [-0.3, -0.25) is 9.59 Å². The molecule has 3 rings (SSSR count). The molecule has 0 atom stereocenters. The summed E-state index contributed by atoms with van der Waals surface area (Å²) < 4.78 is 0. The van der Waals surface area contributed by atoms with Crippen LogP contribution in [0.15, 0.2) is 42.5 Å². The minimum absolute atomic E-state index is 0.0198. The van der Waals surface area contributed by atoms with Gasteiger partial charge in [-0.1, -0.05) is 17.7 Å². The first-order chi connectivity index (χ1) is 12.9. The van der Waals surface area contributed by atoms with E-state index in [0.717, 1.165) is 24.3 Å². The van der Waals surface area contributed by atoms with Gasteiger partial charge in [-0.25, -0.2) is 0 Å². The molecule has 7 heteroatoms. The molecule has 142 valence electrons. The van der Waals surface area contributed by atoms with E-state index in [2.05, 4.69) is 10.2 Å². The van der Waals surface area contributed by atoms with Crippen LogP contribution in [0, 0.1) is 6.92 Å². The zero-order valence-electron chi connectivity index (χ0n) is 15.2. The predicted octanol–water partition coefficient (Wildman–Crippen LogP) is 2.31. The molecule has 27 heavy (non-hydrogen) atoms. The minimum Gasteiger partial charge on any atom is -0.399 e. The maximum atomic E-state index is 12.4. The summed E-state index contributed by atoms with van der Waals surface area (Å²) in [5, 5.41) is 3.41. The van der Waals surface area contributed by atoms with Crippen molar-refractivity contribution in [3.05, 3.63) is 58.6 Å². The van der Waals surface area contributed by atoms with E-state index in [0.29, 0.717) is 29.4 Å². The first-order valence-corrected chi connectivity index (χ1v) is 9.24. The van der Waals surface area contributed by atoms with Crippen LogP contribution < -0.4 is 16.0 Å². The quantitative estimate of drug-likeness (QED) is 0.790. The SMILES string of the molecule is Cc1ccc(N)cc1C(=O)NCC(=O)N1CCN(c2ccc(Cl)cc2)CC1. The second-order valence-corrected chi connectivity index (χ2v) is 7.04. The number of nitrogens with zero attached hydrogens (tertiary/aromatic N) is 2. The second kappa shape index (κ2) is 8.31. The monoisotopic (exact) mass is 386 g/mol. The van der Waals surface area contributed by atoms with Gasteiger partial charge in [-0.2, -0.15) is 0 Å². The van der Waals surface area contributed by atoms with Crippen LogP contribution >= 0.6 is 11.6 Å². The Balaban J connectivity index is 1.50. The van der Waals surface area contributed by atoms with E-state index in [1.165, 1.54) is 0 Å². The third kappa shape index (κ3) is 4.71. The molecule has 3 N–H and O–H groups in total. The van der Waals surface area contributed by atoms with Crippen LogP contribution in [0.4, 0.5) is 11.4 Å². The number of nitrogens with one attached hydrogen (secondary N) is 1. The Morgan fingerprint density at radius 2 is 1.74 bits per heavy atom. The Kier molecular flexibility index (Phi) is 5.86. The van der Waals surface area contributed by atoms with Gasteiger partial charge in [-0.05, 0) is 48.9 Å². The molecular weight excluding hydrogens is 364 g/mol. The number of halogens is 1. The largest absolute Gasteiger partial charge is 0.399 e. The van der Waals surface area contributed by atoms with Crippen molar-refractivity contribution in [2.45, 2.75) is 6.92 Å². The first kappa shape index (κ1) is 19.0. The number of aryl methyl sites for hydroxylation is 1. The molecule has 0 unspecified atom stereocenters. The molecule has 2 amide bonds. The van der Waals surface area contributed by atoms with Crippen LogP contribution in [0.5, 0.6) is 0 Å². The number of anilines is 2. The molecule has 0 saturated carbocycles. The minimum atomic E-state index is -0.284. The highest BCUT2D eigenvalue weighted by Crippen LogP contribution is 2.19. The summed E-state index contributed by atoms with van der Waals surface area (Å²) in [5.41, 5.74) is 8.68. The van der Waals surface area contributed by atoms with E-state index in [4.69, 9.17) is 17.3 Å². The highest BCUT2D eigenvalue weighted by Gasteiger charge is 2.22. The van der Waals surface area contributed by atoms with E-state index in [1.807, 2.05) is 31.2 Å². The molecule has 0 radical (unpaired) electrons. The summed E-state index contributed by atoms with van der Waals surface area (Å²) in [5.74, 6) is -0.367. The maximum Gasteiger partial charge on any atom is 0.252 e. The molecule has 1 saturated heterocycles. The molecule has 0 bridgehead atoms. The Labute approximate surface area is 163 Å². The number of nitrogen functional groups attached to an aromatic ring is 1. The van der Waals surface area contributed by atoms with Crippen molar-refractivity contribution in [3.63, 3.8) is 0 Å². The van der Waals surface area contributed by atoms with Gasteiger partial charge in [-0.15, -0.1) is 0 Å². The summed E-state index contributed by atoms with van der Waals surface area (Å²) in [7, 11) is 0. The van der Waals surface area contributed by atoms with Gasteiger partial charge in [0.05, 0.1) is 6.54 Å². The van der Waals surface area contributed by atoms with Crippen molar-refractivity contribution in [1.29, 1.82) is 0 Å². The predicted molar refractivity (Wildman–Crippen MR) is 108 cm³/mol. The second-order valence-electron chi connectivity index (χ2n) is 6.60. The van der Waals surface area contributed by atoms with E-state index in [1.54, 1.807) is 23.1 Å². The van der Waals surface area contributed by atoms with Gasteiger partial charge >= 0.3 is 0 Å². The molecule has 0 spiro atoms. The van der Waals surface area contributed by atoms with Crippen LogP contribution in [0.1, 0.15) is 15.9 Å². The summed E-state index contributed by atoms with van der Waals surface area (Å²) in [4.78, 5) is 28.7. The van der Waals surface area contributed by atoms with Crippen molar-refractivity contribution in [3.8, 4) is 0 Å². The molecule has 1 fully saturated rings. The zero-order chi connectivity index (χ0) is 19.4. The molecule has 0 aliphatic carbocycles. The lowest BCUT2D eigenvalue weighted by Crippen LogP contribution is -2.51. The van der Waals surface area contributed by atoms with Crippen molar-refractivity contribution in [1.82, 2.24) is 10.2 Å². The van der Waals surface area contributed by atoms with E-state index >= 15 is 0 Å². The van der Waals surface area contributed by atoms with Gasteiger partial charge in [0.25, 0.3) is 5.91 Å². The first-order valence-electron chi connectivity index (χ1n) is 8.86. The van der Waals surface area contributed by atoms with Crippen molar-refractivity contribution < 1.29 is 9.59 Å². The normalized spacial score (nSPS) is 14.1. The number of rotatable bonds is 4. The lowest BCUT2D eigenvalue weighted by atomic mass is 10.1. The lowest BCUT2D eigenvalue weighted by Gasteiger charge is -2.36. The average Bonchev–Trinajstić information content (AvgIpc) is 2.68. The van der Waals surface area contributed by atoms with Gasteiger partial charge in [0.2, 0.25) is 5.91 Å². The summed E-state index contributed by atoms with van der Waals surface area (Å²) in [6.07, 6.45) is 0. The summed E-state index contributed by atoms with van der Waals surface area (Å²) in [6, 6.07) is 12.9. The maximum absolute atomic E-state index is 12.4. The fourth-order valence-electron chi connectivity index (χ4n) is 3.11. The van der Waals surface area contributed by atoms with Crippen molar-refractivity contribution in [2.75, 3.05) is 43.4 Å². The molecule has 1 aliphatic heterocycles. The molecular formula is C20H23ClN4O2.